The number of hydrogen-bond acceptors (Lipinski definition) is 4. The van der Waals surface area contributed by atoms with Gasteiger partial charge in [-0.3, -0.25) is 4.79 Å². The van der Waals surface area contributed by atoms with Crippen LogP contribution < -0.4 is 5.32 Å². The largest absolute Gasteiger partial charge is 0.481 e. The van der Waals surface area contributed by atoms with Gasteiger partial charge >= 0.3 is 5.97 Å². The summed E-state index contributed by atoms with van der Waals surface area (Å²) in [6.45, 7) is 5.07. The van der Waals surface area contributed by atoms with Crippen molar-refractivity contribution in [3.05, 3.63) is 0 Å². The van der Waals surface area contributed by atoms with E-state index in [1.807, 2.05) is 0 Å². The molecule has 0 aromatic carbocycles. The summed E-state index contributed by atoms with van der Waals surface area (Å²) in [5.74, 6) is -0.724. The molecule has 1 atom stereocenters. The van der Waals surface area contributed by atoms with Gasteiger partial charge in [0.15, 0.2) is 0 Å². The van der Waals surface area contributed by atoms with E-state index in [9.17, 15) is 4.79 Å². The van der Waals surface area contributed by atoms with E-state index in [2.05, 4.69) is 29.2 Å². The van der Waals surface area contributed by atoms with Crippen LogP contribution in [0.4, 0.5) is 0 Å². The van der Waals surface area contributed by atoms with Crippen LogP contribution in [-0.4, -0.2) is 73.7 Å². The Kier molecular flexibility index (Phi) is 6.47. The summed E-state index contributed by atoms with van der Waals surface area (Å²) in [6, 6.07) is 0.480. The highest BCUT2D eigenvalue weighted by Gasteiger charge is 2.21. The van der Waals surface area contributed by atoms with Crippen LogP contribution in [-0.2, 0) is 4.79 Å². The maximum absolute atomic E-state index is 10.4. The van der Waals surface area contributed by atoms with E-state index in [4.69, 9.17) is 5.11 Å². The fourth-order valence-corrected chi connectivity index (χ4v) is 2.20. The second-order valence-electron chi connectivity index (χ2n) is 5.04. The van der Waals surface area contributed by atoms with Crippen LogP contribution in [0.2, 0.25) is 0 Å². The molecule has 1 rings (SSSR count). The van der Waals surface area contributed by atoms with Crippen LogP contribution in [0.25, 0.3) is 0 Å². The standard InChI is InChI=1S/C12H25N3O2/c1-14(2)7-3-8-15-9-5-11(10-15)13-6-4-12(16)17/h11,13H,3-10H2,1-2H3,(H,16,17). The van der Waals surface area contributed by atoms with Gasteiger partial charge in [-0.2, -0.15) is 0 Å². The molecule has 1 aliphatic heterocycles. The van der Waals surface area contributed by atoms with Crippen molar-refractivity contribution in [2.24, 2.45) is 0 Å². The Hall–Kier alpha value is -0.650. The van der Waals surface area contributed by atoms with Crippen molar-refractivity contribution in [1.82, 2.24) is 15.1 Å². The lowest BCUT2D eigenvalue weighted by molar-refractivity contribution is -0.136. The molecule has 0 aliphatic carbocycles. The third-order valence-electron chi connectivity index (χ3n) is 3.12. The van der Waals surface area contributed by atoms with Crippen LogP contribution in [0, 0.1) is 0 Å². The fraction of sp³-hybridized carbons (Fsp3) is 0.917. The molecule has 5 heteroatoms. The quantitative estimate of drug-likeness (QED) is 0.632. The molecular weight excluding hydrogens is 218 g/mol. The summed E-state index contributed by atoms with van der Waals surface area (Å²) in [7, 11) is 4.19. The number of carboxylic acid groups (broad SMARTS) is 1. The first-order valence-corrected chi connectivity index (χ1v) is 6.40. The van der Waals surface area contributed by atoms with Gasteiger partial charge in [0.05, 0.1) is 6.42 Å². The van der Waals surface area contributed by atoms with E-state index >= 15 is 0 Å². The van der Waals surface area contributed by atoms with Gasteiger partial charge in [0.1, 0.15) is 0 Å². The third-order valence-corrected chi connectivity index (χ3v) is 3.12. The number of rotatable bonds is 8. The SMILES string of the molecule is CN(C)CCCN1CCC(NCCC(=O)O)C1. The molecule has 17 heavy (non-hydrogen) atoms. The number of carbonyl (C=O) groups is 1. The molecule has 0 aromatic rings. The Bertz CT molecular complexity index is 234. The molecule has 2 N–H and O–H groups in total. The van der Waals surface area contributed by atoms with Gasteiger partial charge in [-0.05, 0) is 46.6 Å². The summed E-state index contributed by atoms with van der Waals surface area (Å²) in [5.41, 5.74) is 0. The average Bonchev–Trinajstić information content (AvgIpc) is 2.65. The second kappa shape index (κ2) is 7.63. The van der Waals surface area contributed by atoms with Gasteiger partial charge in [-0.1, -0.05) is 0 Å². The van der Waals surface area contributed by atoms with Crippen molar-refractivity contribution in [2.75, 3.05) is 46.8 Å². The van der Waals surface area contributed by atoms with Crippen molar-refractivity contribution in [2.45, 2.75) is 25.3 Å². The third kappa shape index (κ3) is 6.61. The van der Waals surface area contributed by atoms with Crippen LogP contribution in [0.3, 0.4) is 0 Å². The molecule has 0 aromatic heterocycles. The monoisotopic (exact) mass is 243 g/mol. The minimum Gasteiger partial charge on any atom is -0.481 e. The smallest absolute Gasteiger partial charge is 0.304 e. The Labute approximate surface area is 104 Å². The minimum atomic E-state index is -0.724. The van der Waals surface area contributed by atoms with Gasteiger partial charge in [0.25, 0.3) is 0 Å². The number of hydrogen-bond donors (Lipinski definition) is 2. The van der Waals surface area contributed by atoms with E-state index in [1.165, 1.54) is 6.42 Å². The van der Waals surface area contributed by atoms with Crippen LogP contribution in [0.1, 0.15) is 19.3 Å². The number of nitrogens with one attached hydrogen (secondary N) is 1. The molecule has 0 saturated carbocycles. The summed E-state index contributed by atoms with van der Waals surface area (Å²) in [5, 5.41) is 11.9. The predicted molar refractivity (Wildman–Crippen MR) is 68.3 cm³/mol. The van der Waals surface area contributed by atoms with E-state index < -0.39 is 5.97 Å². The van der Waals surface area contributed by atoms with Gasteiger partial charge in [0, 0.05) is 19.1 Å². The van der Waals surface area contributed by atoms with Crippen LogP contribution in [0.5, 0.6) is 0 Å². The number of nitrogens with zero attached hydrogens (tertiary/aromatic N) is 2. The van der Waals surface area contributed by atoms with Gasteiger partial charge < -0.3 is 20.2 Å². The topological polar surface area (TPSA) is 55.8 Å². The molecule has 0 amide bonds. The molecule has 5 nitrogen and oxygen atoms in total. The van der Waals surface area contributed by atoms with Crippen molar-refractivity contribution in [1.29, 1.82) is 0 Å². The first-order chi connectivity index (χ1) is 8.08. The van der Waals surface area contributed by atoms with Gasteiger partial charge in [-0.15, -0.1) is 0 Å². The molecule has 0 bridgehead atoms. The zero-order valence-electron chi connectivity index (χ0n) is 11.0. The Morgan fingerprint density at radius 3 is 2.94 bits per heavy atom. The molecule has 1 unspecified atom stereocenters. The van der Waals surface area contributed by atoms with Gasteiger partial charge in [-0.25, -0.2) is 0 Å². The fourth-order valence-electron chi connectivity index (χ4n) is 2.20. The molecule has 0 radical (unpaired) electrons. The number of carboxylic acids is 1. The first-order valence-electron chi connectivity index (χ1n) is 6.40. The second-order valence-corrected chi connectivity index (χ2v) is 5.04. The maximum Gasteiger partial charge on any atom is 0.304 e. The summed E-state index contributed by atoms with van der Waals surface area (Å²) in [6.07, 6.45) is 2.56. The highest BCUT2D eigenvalue weighted by Crippen LogP contribution is 2.09. The Balaban J connectivity index is 2.04. The molecule has 1 saturated heterocycles. The van der Waals surface area contributed by atoms with Crippen molar-refractivity contribution in [3.8, 4) is 0 Å². The Morgan fingerprint density at radius 2 is 2.29 bits per heavy atom. The van der Waals surface area contributed by atoms with Gasteiger partial charge in [0.2, 0.25) is 0 Å². The average molecular weight is 243 g/mol. The zero-order chi connectivity index (χ0) is 12.7. The minimum absolute atomic E-state index is 0.219. The van der Waals surface area contributed by atoms with E-state index in [0.717, 1.165) is 32.6 Å². The Morgan fingerprint density at radius 1 is 1.53 bits per heavy atom. The first kappa shape index (κ1) is 14.4. The highest BCUT2D eigenvalue weighted by atomic mass is 16.4. The van der Waals surface area contributed by atoms with Crippen LogP contribution in [0.15, 0.2) is 0 Å². The van der Waals surface area contributed by atoms with E-state index in [-0.39, 0.29) is 6.42 Å². The summed E-state index contributed by atoms with van der Waals surface area (Å²) >= 11 is 0. The zero-order valence-corrected chi connectivity index (χ0v) is 11.0. The normalized spacial score (nSPS) is 21.2. The molecule has 0 spiro atoms. The number of likely N-dealkylation sites (tertiary alicyclic amines) is 1. The lowest BCUT2D eigenvalue weighted by Gasteiger charge is -2.17. The molecule has 1 fully saturated rings. The summed E-state index contributed by atoms with van der Waals surface area (Å²) < 4.78 is 0. The maximum atomic E-state index is 10.4. The molecule has 1 aliphatic rings. The predicted octanol–water partition coefficient (Wildman–Crippen LogP) is 0.0767. The van der Waals surface area contributed by atoms with Crippen molar-refractivity contribution >= 4 is 5.97 Å². The highest BCUT2D eigenvalue weighted by molar-refractivity contribution is 5.66. The molecular formula is C12H25N3O2. The lowest BCUT2D eigenvalue weighted by atomic mass is 10.2. The van der Waals surface area contributed by atoms with Crippen molar-refractivity contribution in [3.63, 3.8) is 0 Å². The van der Waals surface area contributed by atoms with Crippen molar-refractivity contribution < 1.29 is 9.90 Å². The van der Waals surface area contributed by atoms with E-state index in [1.54, 1.807) is 0 Å². The lowest BCUT2D eigenvalue weighted by Crippen LogP contribution is -2.34. The molecule has 100 valence electrons. The van der Waals surface area contributed by atoms with Crippen LogP contribution >= 0.6 is 0 Å². The number of aliphatic carboxylic acids is 1. The summed E-state index contributed by atoms with van der Waals surface area (Å²) in [4.78, 5) is 15.1. The van der Waals surface area contributed by atoms with E-state index in [0.29, 0.717) is 12.6 Å². The molecule has 1 heterocycles.